The van der Waals surface area contributed by atoms with Crippen LogP contribution >= 0.6 is 0 Å². The highest BCUT2D eigenvalue weighted by atomic mass is 15.1. The second kappa shape index (κ2) is 14.0. The monoisotopic (exact) mass is 700 g/mol. The molecule has 7 aromatic rings. The van der Waals surface area contributed by atoms with E-state index < -0.39 is 0 Å². The number of hydrogen-bond acceptors (Lipinski definition) is 2. The largest absolute Gasteiger partial charge is 0.310 e. The molecule has 0 aliphatic heterocycles. The number of anilines is 6. The van der Waals surface area contributed by atoms with E-state index in [1.165, 1.54) is 50.2 Å². The van der Waals surface area contributed by atoms with Crippen LogP contribution < -0.4 is 9.80 Å². The molecule has 0 N–H and O–H groups in total. The van der Waals surface area contributed by atoms with E-state index in [0.717, 1.165) is 28.4 Å². The van der Waals surface area contributed by atoms with Gasteiger partial charge in [0.05, 0.1) is 0 Å². The fourth-order valence-electron chi connectivity index (χ4n) is 7.84. The van der Waals surface area contributed by atoms with E-state index in [2.05, 4.69) is 233 Å². The maximum absolute atomic E-state index is 2.39. The lowest BCUT2D eigenvalue weighted by Crippen LogP contribution is -2.16. The number of hydrogen-bond donors (Lipinski definition) is 0. The summed E-state index contributed by atoms with van der Waals surface area (Å²) in [5.41, 5.74) is 17.2. The van der Waals surface area contributed by atoms with Crippen molar-refractivity contribution in [2.75, 3.05) is 9.80 Å². The van der Waals surface area contributed by atoms with E-state index >= 15 is 0 Å². The lowest BCUT2D eigenvalue weighted by atomic mass is 9.81. The molecule has 0 saturated heterocycles. The normalized spacial score (nSPS) is 13.1. The molecule has 0 atom stereocenters. The molecule has 0 fully saturated rings. The van der Waals surface area contributed by atoms with Crippen LogP contribution in [0.25, 0.3) is 23.3 Å². The van der Waals surface area contributed by atoms with Gasteiger partial charge in [0, 0.05) is 39.5 Å². The van der Waals surface area contributed by atoms with Crippen molar-refractivity contribution in [1.82, 2.24) is 0 Å². The van der Waals surface area contributed by atoms with Gasteiger partial charge in [-0.15, -0.1) is 0 Å². The maximum Gasteiger partial charge on any atom is 0.0465 e. The van der Waals surface area contributed by atoms with Crippen molar-refractivity contribution in [2.24, 2.45) is 0 Å². The van der Waals surface area contributed by atoms with Crippen LogP contribution in [-0.2, 0) is 10.8 Å². The first-order valence-electron chi connectivity index (χ1n) is 19.0. The Hall–Kier alpha value is -6.12. The maximum atomic E-state index is 2.39. The van der Waals surface area contributed by atoms with Crippen molar-refractivity contribution in [3.63, 3.8) is 0 Å². The summed E-state index contributed by atoms with van der Waals surface area (Å²) in [5, 5.41) is 0. The highest BCUT2D eigenvalue weighted by Crippen LogP contribution is 2.51. The molecule has 1 aliphatic carbocycles. The van der Waals surface area contributed by atoms with E-state index in [9.17, 15) is 0 Å². The first-order valence-corrected chi connectivity index (χ1v) is 19.0. The van der Waals surface area contributed by atoms with Gasteiger partial charge in [-0.2, -0.15) is 0 Å². The van der Waals surface area contributed by atoms with E-state index in [-0.39, 0.29) is 10.8 Å². The predicted molar refractivity (Wildman–Crippen MR) is 232 cm³/mol. The summed E-state index contributed by atoms with van der Waals surface area (Å²) >= 11 is 0. The Bertz CT molecular complexity index is 2390. The van der Waals surface area contributed by atoms with Crippen LogP contribution in [0.15, 0.2) is 170 Å². The van der Waals surface area contributed by atoms with E-state index in [1.54, 1.807) is 0 Å². The summed E-state index contributed by atoms with van der Waals surface area (Å²) in [6, 6.07) is 61.8. The minimum atomic E-state index is -0.143. The van der Waals surface area contributed by atoms with E-state index in [0.29, 0.717) is 0 Å². The molecular weight excluding hydrogens is 653 g/mol. The van der Waals surface area contributed by atoms with Crippen LogP contribution in [0.4, 0.5) is 34.1 Å². The molecule has 0 unspecified atom stereocenters. The van der Waals surface area contributed by atoms with Crippen LogP contribution in [0.2, 0.25) is 0 Å². The van der Waals surface area contributed by atoms with Crippen molar-refractivity contribution in [3.8, 4) is 11.1 Å². The van der Waals surface area contributed by atoms with Gasteiger partial charge in [-0.25, -0.2) is 0 Å². The first-order chi connectivity index (χ1) is 26.1. The second-order valence-electron chi connectivity index (χ2n) is 16.1. The zero-order chi connectivity index (χ0) is 37.5. The van der Waals surface area contributed by atoms with Gasteiger partial charge in [-0.05, 0) is 130 Å². The van der Waals surface area contributed by atoms with Crippen molar-refractivity contribution < 1.29 is 0 Å². The van der Waals surface area contributed by atoms with E-state index in [4.69, 9.17) is 0 Å². The van der Waals surface area contributed by atoms with Crippen LogP contribution in [0.1, 0.15) is 68.0 Å². The molecule has 266 valence electrons. The Morgan fingerprint density at radius 3 is 1.44 bits per heavy atom. The zero-order valence-electron chi connectivity index (χ0n) is 32.2. The van der Waals surface area contributed by atoms with Gasteiger partial charge in [-0.1, -0.05) is 144 Å². The minimum absolute atomic E-state index is 0.107. The molecule has 0 spiro atoms. The number of fused-ring (bicyclic) bond motifs is 3. The van der Waals surface area contributed by atoms with Crippen LogP contribution in [0, 0.1) is 6.92 Å². The van der Waals surface area contributed by atoms with Gasteiger partial charge in [-0.3, -0.25) is 0 Å². The molecule has 2 heteroatoms. The van der Waals surface area contributed by atoms with Gasteiger partial charge in [0.2, 0.25) is 0 Å². The van der Waals surface area contributed by atoms with Crippen LogP contribution in [0.5, 0.6) is 0 Å². The number of aryl methyl sites for hydroxylation is 1. The molecule has 0 radical (unpaired) electrons. The standard InChI is InChI=1S/C52H48N2/c1-37-14-13-19-45(34-37)54(44-29-25-40(26-30-44)51(2,3)4)43-27-22-38(23-28-43)20-21-39-24-32-47-48-33-31-46(36-50(48)52(5,6)49(47)35-39)53(41-15-9-7-10-16-41)42-17-11-8-12-18-42/h7-36H,1-6H3/b21-20+. The van der Waals surface area contributed by atoms with Crippen molar-refractivity contribution in [1.29, 1.82) is 0 Å². The van der Waals surface area contributed by atoms with Crippen molar-refractivity contribution in [2.45, 2.75) is 52.4 Å². The lowest BCUT2D eigenvalue weighted by Gasteiger charge is -2.28. The summed E-state index contributed by atoms with van der Waals surface area (Å²) in [5.74, 6) is 0. The fraction of sp³-hybridized carbons (Fsp3) is 0.154. The highest BCUT2D eigenvalue weighted by Gasteiger charge is 2.36. The molecule has 54 heavy (non-hydrogen) atoms. The Morgan fingerprint density at radius 1 is 0.426 bits per heavy atom. The minimum Gasteiger partial charge on any atom is -0.310 e. The van der Waals surface area contributed by atoms with Gasteiger partial charge in [0.15, 0.2) is 0 Å². The highest BCUT2D eigenvalue weighted by molar-refractivity contribution is 5.87. The Labute approximate surface area is 321 Å². The number of para-hydroxylation sites is 2. The van der Waals surface area contributed by atoms with Gasteiger partial charge >= 0.3 is 0 Å². The molecule has 1 aliphatic rings. The third-order valence-electron chi connectivity index (χ3n) is 10.8. The van der Waals surface area contributed by atoms with Crippen LogP contribution in [-0.4, -0.2) is 0 Å². The topological polar surface area (TPSA) is 6.48 Å². The SMILES string of the molecule is Cc1cccc(N(c2ccc(/C=C/c3ccc4c(c3)C(C)(C)c3cc(N(c5ccccc5)c5ccccc5)ccc3-4)cc2)c2ccc(C(C)(C)C)cc2)c1. The smallest absolute Gasteiger partial charge is 0.0465 e. The molecule has 8 rings (SSSR count). The number of nitrogens with zero attached hydrogens (tertiary/aromatic N) is 2. The van der Waals surface area contributed by atoms with Gasteiger partial charge < -0.3 is 9.80 Å². The summed E-state index contributed by atoms with van der Waals surface area (Å²) in [6.07, 6.45) is 4.47. The second-order valence-corrected chi connectivity index (χ2v) is 16.1. The zero-order valence-corrected chi connectivity index (χ0v) is 32.2. The van der Waals surface area contributed by atoms with Crippen molar-refractivity contribution in [3.05, 3.63) is 203 Å². The summed E-state index contributed by atoms with van der Waals surface area (Å²) in [7, 11) is 0. The van der Waals surface area contributed by atoms with Gasteiger partial charge in [0.25, 0.3) is 0 Å². The van der Waals surface area contributed by atoms with Gasteiger partial charge in [0.1, 0.15) is 0 Å². The summed E-state index contributed by atoms with van der Waals surface area (Å²) < 4.78 is 0. The molecule has 2 nitrogen and oxygen atoms in total. The summed E-state index contributed by atoms with van der Waals surface area (Å²) in [6.45, 7) is 13.7. The van der Waals surface area contributed by atoms with E-state index in [1.807, 2.05) is 0 Å². The molecule has 0 amide bonds. The third kappa shape index (κ3) is 6.76. The number of benzene rings is 7. The summed E-state index contributed by atoms with van der Waals surface area (Å²) in [4.78, 5) is 4.69. The Balaban J connectivity index is 1.07. The molecule has 0 heterocycles. The average Bonchev–Trinajstić information content (AvgIpc) is 3.40. The molecule has 7 aromatic carbocycles. The average molecular weight is 701 g/mol. The molecule has 0 aromatic heterocycles. The quantitative estimate of drug-likeness (QED) is 0.146. The molecule has 0 bridgehead atoms. The number of rotatable bonds is 8. The molecule has 0 saturated carbocycles. The van der Waals surface area contributed by atoms with Crippen molar-refractivity contribution >= 4 is 46.3 Å². The fourth-order valence-corrected chi connectivity index (χ4v) is 7.84. The third-order valence-corrected chi connectivity index (χ3v) is 10.8. The Morgan fingerprint density at radius 2 is 0.870 bits per heavy atom. The lowest BCUT2D eigenvalue weighted by molar-refractivity contribution is 0.590. The Kier molecular flexibility index (Phi) is 9.07. The van der Waals surface area contributed by atoms with Crippen LogP contribution in [0.3, 0.4) is 0 Å². The first kappa shape index (κ1) is 34.9. The molecular formula is C52H48N2. The predicted octanol–water partition coefficient (Wildman–Crippen LogP) is 14.7.